The van der Waals surface area contributed by atoms with E-state index in [-0.39, 0.29) is 11.2 Å². The van der Waals surface area contributed by atoms with Crippen LogP contribution in [0.3, 0.4) is 0 Å². The van der Waals surface area contributed by atoms with Crippen molar-refractivity contribution in [3.8, 4) is 0 Å². The van der Waals surface area contributed by atoms with Crippen LogP contribution in [-0.2, 0) is 20.1 Å². The molecule has 1 aliphatic rings. The van der Waals surface area contributed by atoms with Crippen LogP contribution in [-0.4, -0.2) is 30.9 Å². The van der Waals surface area contributed by atoms with Gasteiger partial charge in [-0.1, -0.05) is 19.9 Å². The van der Waals surface area contributed by atoms with Crippen LogP contribution in [0.2, 0.25) is 0 Å². The van der Waals surface area contributed by atoms with Gasteiger partial charge in [-0.05, 0) is 19.3 Å². The minimum absolute atomic E-state index is 0.286. The SMILES string of the molecule is C=CCN1N=C(C)Cn2c1nc1c2c(=O)n(CCC(C)C)c(=O)n1C. The zero-order valence-corrected chi connectivity index (χ0v) is 15.2. The zero-order chi connectivity index (χ0) is 18.3. The van der Waals surface area contributed by atoms with E-state index in [1.54, 1.807) is 18.1 Å². The van der Waals surface area contributed by atoms with Gasteiger partial charge in [0.1, 0.15) is 0 Å². The second kappa shape index (κ2) is 6.34. The Labute approximate surface area is 145 Å². The summed E-state index contributed by atoms with van der Waals surface area (Å²) in [7, 11) is 1.65. The van der Waals surface area contributed by atoms with Gasteiger partial charge in [-0.2, -0.15) is 10.1 Å². The largest absolute Gasteiger partial charge is 0.332 e. The van der Waals surface area contributed by atoms with Crippen LogP contribution in [0.1, 0.15) is 27.2 Å². The molecule has 3 rings (SSSR count). The Morgan fingerprint density at radius 2 is 2.04 bits per heavy atom. The summed E-state index contributed by atoms with van der Waals surface area (Å²) in [6, 6.07) is 0. The molecule has 0 aliphatic carbocycles. The van der Waals surface area contributed by atoms with E-state index in [1.807, 2.05) is 11.5 Å². The van der Waals surface area contributed by atoms with E-state index < -0.39 is 0 Å². The highest BCUT2D eigenvalue weighted by Gasteiger charge is 2.26. The molecule has 0 amide bonds. The van der Waals surface area contributed by atoms with Crippen LogP contribution in [0.5, 0.6) is 0 Å². The van der Waals surface area contributed by atoms with Gasteiger partial charge in [0.25, 0.3) is 5.56 Å². The molecule has 0 saturated heterocycles. The fourth-order valence-corrected chi connectivity index (χ4v) is 3.05. The number of nitrogens with zero attached hydrogens (tertiary/aromatic N) is 6. The molecule has 0 fully saturated rings. The molecule has 2 aromatic rings. The number of hydrazone groups is 1. The smallest absolute Gasteiger partial charge is 0.297 e. The Bertz CT molecular complexity index is 976. The maximum absolute atomic E-state index is 13.0. The van der Waals surface area contributed by atoms with Crippen LogP contribution in [0.4, 0.5) is 5.95 Å². The Kier molecular flexibility index (Phi) is 4.36. The molecule has 25 heavy (non-hydrogen) atoms. The highest BCUT2D eigenvalue weighted by Crippen LogP contribution is 2.23. The summed E-state index contributed by atoms with van der Waals surface area (Å²) in [6.07, 6.45) is 2.50. The van der Waals surface area contributed by atoms with Crippen LogP contribution in [0, 0.1) is 5.92 Å². The molecule has 0 unspecified atom stereocenters. The molecule has 0 spiro atoms. The maximum atomic E-state index is 13.0. The number of rotatable bonds is 5. The molecule has 0 aromatic carbocycles. The maximum Gasteiger partial charge on any atom is 0.332 e. The van der Waals surface area contributed by atoms with Gasteiger partial charge in [0.05, 0.1) is 18.8 Å². The molecule has 0 atom stereocenters. The Hall–Kier alpha value is -2.64. The molecule has 3 heterocycles. The lowest BCUT2D eigenvalue weighted by Crippen LogP contribution is -2.40. The van der Waals surface area contributed by atoms with Crippen molar-refractivity contribution in [2.75, 3.05) is 11.6 Å². The summed E-state index contributed by atoms with van der Waals surface area (Å²) in [5, 5.41) is 6.17. The topological polar surface area (TPSA) is 77.4 Å². The average molecular weight is 344 g/mol. The second-order valence-corrected chi connectivity index (χ2v) is 6.86. The highest BCUT2D eigenvalue weighted by molar-refractivity contribution is 5.87. The Balaban J connectivity index is 2.27. The van der Waals surface area contributed by atoms with Gasteiger partial charge >= 0.3 is 5.69 Å². The number of imidazole rings is 1. The molecule has 8 heteroatoms. The summed E-state index contributed by atoms with van der Waals surface area (Å²) in [4.78, 5) is 30.2. The van der Waals surface area contributed by atoms with Crippen LogP contribution < -0.4 is 16.3 Å². The Morgan fingerprint density at radius 3 is 2.68 bits per heavy atom. The fourth-order valence-electron chi connectivity index (χ4n) is 3.05. The Morgan fingerprint density at radius 1 is 1.32 bits per heavy atom. The molecule has 2 aromatic heterocycles. The van der Waals surface area contributed by atoms with E-state index in [2.05, 4.69) is 30.5 Å². The molecule has 0 bridgehead atoms. The number of anilines is 1. The number of hydrogen-bond donors (Lipinski definition) is 0. The van der Waals surface area contributed by atoms with Crippen molar-refractivity contribution in [3.63, 3.8) is 0 Å². The lowest BCUT2D eigenvalue weighted by molar-refractivity contribution is 0.487. The lowest BCUT2D eigenvalue weighted by Gasteiger charge is -2.23. The van der Waals surface area contributed by atoms with Gasteiger partial charge in [0.2, 0.25) is 5.95 Å². The van der Waals surface area contributed by atoms with Gasteiger partial charge < -0.3 is 0 Å². The molecular formula is C17H24N6O2. The quantitative estimate of drug-likeness (QED) is 0.767. The third-order valence-electron chi connectivity index (χ3n) is 4.35. The molecule has 1 aliphatic heterocycles. The van der Waals surface area contributed by atoms with Crippen LogP contribution in [0.15, 0.2) is 27.3 Å². The van der Waals surface area contributed by atoms with Crippen LogP contribution >= 0.6 is 0 Å². The van der Waals surface area contributed by atoms with Gasteiger partial charge in [0, 0.05) is 13.6 Å². The predicted molar refractivity (Wildman–Crippen MR) is 99.3 cm³/mol. The van der Waals surface area contributed by atoms with E-state index in [0.717, 1.165) is 12.1 Å². The first-order valence-electron chi connectivity index (χ1n) is 8.47. The fraction of sp³-hybridized carbons (Fsp3) is 0.529. The van der Waals surface area contributed by atoms with Crippen molar-refractivity contribution in [2.45, 2.75) is 40.3 Å². The number of aryl methyl sites for hydroxylation is 1. The molecule has 0 radical (unpaired) electrons. The molecule has 0 saturated carbocycles. The third kappa shape index (κ3) is 2.81. The first kappa shape index (κ1) is 17.2. The van der Waals surface area contributed by atoms with Crippen molar-refractivity contribution < 1.29 is 0 Å². The van der Waals surface area contributed by atoms with Crippen molar-refractivity contribution in [1.29, 1.82) is 0 Å². The summed E-state index contributed by atoms with van der Waals surface area (Å²) < 4.78 is 4.61. The summed E-state index contributed by atoms with van der Waals surface area (Å²) in [5.41, 5.74) is 1.09. The second-order valence-electron chi connectivity index (χ2n) is 6.86. The minimum atomic E-state index is -0.332. The van der Waals surface area contributed by atoms with E-state index in [9.17, 15) is 9.59 Å². The first-order chi connectivity index (χ1) is 11.8. The number of aromatic nitrogens is 4. The van der Waals surface area contributed by atoms with Crippen LogP contribution in [0.25, 0.3) is 11.2 Å². The van der Waals surface area contributed by atoms with Crippen molar-refractivity contribution >= 4 is 22.8 Å². The number of fused-ring (bicyclic) bond motifs is 3. The molecular weight excluding hydrogens is 320 g/mol. The molecule has 134 valence electrons. The minimum Gasteiger partial charge on any atom is -0.297 e. The third-order valence-corrected chi connectivity index (χ3v) is 4.35. The monoisotopic (exact) mass is 344 g/mol. The number of hydrogen-bond acceptors (Lipinski definition) is 5. The zero-order valence-electron chi connectivity index (χ0n) is 15.2. The van der Waals surface area contributed by atoms with E-state index in [1.165, 1.54) is 9.13 Å². The predicted octanol–water partition coefficient (Wildman–Crippen LogP) is 1.32. The lowest BCUT2D eigenvalue weighted by atomic mass is 10.1. The molecule has 8 nitrogen and oxygen atoms in total. The molecule has 0 N–H and O–H groups in total. The van der Waals surface area contributed by atoms with Crippen molar-refractivity contribution in [3.05, 3.63) is 33.5 Å². The van der Waals surface area contributed by atoms with E-state index in [0.29, 0.717) is 42.7 Å². The summed E-state index contributed by atoms with van der Waals surface area (Å²) in [5.74, 6) is 0.971. The average Bonchev–Trinajstić information content (AvgIpc) is 2.92. The van der Waals surface area contributed by atoms with Gasteiger partial charge in [-0.3, -0.25) is 18.5 Å². The van der Waals surface area contributed by atoms with Gasteiger partial charge in [0.15, 0.2) is 11.2 Å². The summed E-state index contributed by atoms with van der Waals surface area (Å²) >= 11 is 0. The van der Waals surface area contributed by atoms with E-state index >= 15 is 0 Å². The van der Waals surface area contributed by atoms with Crippen molar-refractivity contribution in [2.24, 2.45) is 18.1 Å². The normalized spacial score (nSPS) is 14.1. The summed E-state index contributed by atoms with van der Waals surface area (Å²) in [6.45, 7) is 11.2. The van der Waals surface area contributed by atoms with Crippen molar-refractivity contribution in [1.82, 2.24) is 18.7 Å². The highest BCUT2D eigenvalue weighted by atomic mass is 16.2. The standard InChI is InChI=1S/C17H24N6O2/c1-6-8-23-16-18-14-13(22(16)10-12(4)19-23)15(24)21(9-7-11(2)3)17(25)20(14)5/h6,11H,1,7-10H2,2-5H3. The van der Waals surface area contributed by atoms with Gasteiger partial charge in [-0.15, -0.1) is 6.58 Å². The van der Waals surface area contributed by atoms with E-state index in [4.69, 9.17) is 0 Å². The first-order valence-corrected chi connectivity index (χ1v) is 8.47. The van der Waals surface area contributed by atoms with Gasteiger partial charge in [-0.25, -0.2) is 9.80 Å².